The van der Waals surface area contributed by atoms with Crippen LogP contribution in [0, 0.1) is 0 Å². The first kappa shape index (κ1) is 15.8. The minimum Gasteiger partial charge on any atom is -0.266 e. The molecule has 0 unspecified atom stereocenters. The van der Waals surface area contributed by atoms with Gasteiger partial charge in [0.1, 0.15) is 5.70 Å². The maximum Gasteiger partial charge on any atom is 0.340 e. The van der Waals surface area contributed by atoms with Crippen LogP contribution in [0.2, 0.25) is 0 Å². The maximum absolute atomic E-state index is 13.1. The van der Waals surface area contributed by atoms with Gasteiger partial charge in [0, 0.05) is 0 Å². The number of hydrogen-bond donors (Lipinski definition) is 0. The van der Waals surface area contributed by atoms with Crippen LogP contribution in [0.5, 0.6) is 0 Å². The third-order valence-corrected chi connectivity index (χ3v) is 4.18. The summed E-state index contributed by atoms with van der Waals surface area (Å²) in [7, 11) is 0. The van der Waals surface area contributed by atoms with E-state index >= 15 is 0 Å². The van der Waals surface area contributed by atoms with Crippen LogP contribution in [0.3, 0.4) is 0 Å². The van der Waals surface area contributed by atoms with Crippen molar-refractivity contribution in [2.75, 3.05) is 9.80 Å². The Labute approximate surface area is 151 Å². The van der Waals surface area contributed by atoms with Gasteiger partial charge in [0.15, 0.2) is 0 Å². The van der Waals surface area contributed by atoms with E-state index in [0.717, 1.165) is 5.56 Å². The van der Waals surface area contributed by atoms with Crippen molar-refractivity contribution in [2.24, 2.45) is 0 Å². The molecule has 1 aliphatic heterocycles. The van der Waals surface area contributed by atoms with Crippen molar-refractivity contribution in [1.29, 1.82) is 0 Å². The Kier molecular flexibility index (Phi) is 4.07. The Morgan fingerprint density at radius 3 is 1.58 bits per heavy atom. The topological polar surface area (TPSA) is 40.6 Å². The number of carbonyl (C=O) groups excluding carboxylic acids is 2. The third-order valence-electron chi connectivity index (χ3n) is 4.18. The van der Waals surface area contributed by atoms with Crippen LogP contribution < -0.4 is 9.80 Å². The summed E-state index contributed by atoms with van der Waals surface area (Å²) in [6.45, 7) is 0. The Bertz CT molecular complexity index is 967. The highest BCUT2D eigenvalue weighted by molar-refractivity contribution is 6.35. The number of amides is 3. The second-order valence-corrected chi connectivity index (χ2v) is 5.87. The minimum atomic E-state index is -0.380. The van der Waals surface area contributed by atoms with Gasteiger partial charge >= 0.3 is 6.03 Å². The molecule has 4 rings (SSSR count). The Hall–Kier alpha value is -3.66. The lowest BCUT2D eigenvalue weighted by atomic mass is 10.1. The van der Waals surface area contributed by atoms with Gasteiger partial charge in [0.05, 0.1) is 11.4 Å². The largest absolute Gasteiger partial charge is 0.340 e. The van der Waals surface area contributed by atoms with Crippen molar-refractivity contribution in [2.45, 2.75) is 0 Å². The molecule has 3 aromatic carbocycles. The molecule has 0 saturated carbocycles. The number of hydrogen-bond acceptors (Lipinski definition) is 2. The van der Waals surface area contributed by atoms with Crippen LogP contribution >= 0.6 is 0 Å². The number of carbonyl (C=O) groups is 2. The van der Waals surface area contributed by atoms with E-state index in [4.69, 9.17) is 0 Å². The fraction of sp³-hybridized carbons (Fsp3) is 0. The molecule has 26 heavy (non-hydrogen) atoms. The van der Waals surface area contributed by atoms with Crippen molar-refractivity contribution in [3.63, 3.8) is 0 Å². The van der Waals surface area contributed by atoms with Gasteiger partial charge in [0.2, 0.25) is 0 Å². The van der Waals surface area contributed by atoms with Gasteiger partial charge in [-0.25, -0.2) is 9.69 Å². The number of urea groups is 1. The van der Waals surface area contributed by atoms with E-state index in [1.54, 1.807) is 18.2 Å². The van der Waals surface area contributed by atoms with Gasteiger partial charge in [-0.05, 0) is 35.9 Å². The van der Waals surface area contributed by atoms with Crippen LogP contribution in [0.4, 0.5) is 16.2 Å². The number of nitrogens with zero attached hydrogens (tertiary/aromatic N) is 2. The molecule has 0 atom stereocenters. The molecule has 0 spiro atoms. The van der Waals surface area contributed by atoms with E-state index in [0.29, 0.717) is 17.1 Å². The molecular weight excluding hydrogens is 324 g/mol. The lowest BCUT2D eigenvalue weighted by Crippen LogP contribution is -2.32. The number of benzene rings is 3. The SMILES string of the molecule is O=C1/C(=C/c2ccccc2)N(c2ccccc2)C(=O)N1c1ccccc1. The van der Waals surface area contributed by atoms with Gasteiger partial charge < -0.3 is 0 Å². The van der Waals surface area contributed by atoms with Crippen LogP contribution in [-0.2, 0) is 4.79 Å². The van der Waals surface area contributed by atoms with Crippen molar-refractivity contribution >= 4 is 29.4 Å². The number of imide groups is 1. The standard InChI is InChI=1S/C22H16N2O2/c25-21-20(16-17-10-4-1-5-11-17)23(18-12-6-2-7-13-18)22(26)24(21)19-14-8-3-9-15-19/h1-16H/b20-16-. The van der Waals surface area contributed by atoms with Gasteiger partial charge in [-0.15, -0.1) is 0 Å². The van der Waals surface area contributed by atoms with Crippen LogP contribution in [0.15, 0.2) is 96.7 Å². The van der Waals surface area contributed by atoms with Gasteiger partial charge in [-0.2, -0.15) is 0 Å². The van der Waals surface area contributed by atoms with Crippen molar-refractivity contribution in [1.82, 2.24) is 0 Å². The minimum absolute atomic E-state index is 0.330. The lowest BCUT2D eigenvalue weighted by molar-refractivity contribution is -0.113. The first-order valence-corrected chi connectivity index (χ1v) is 8.31. The molecule has 1 fully saturated rings. The Morgan fingerprint density at radius 1 is 0.577 bits per heavy atom. The maximum atomic E-state index is 13.1. The molecule has 126 valence electrons. The average molecular weight is 340 g/mol. The van der Waals surface area contributed by atoms with Gasteiger partial charge in [0.25, 0.3) is 5.91 Å². The molecule has 0 bridgehead atoms. The highest BCUT2D eigenvalue weighted by Crippen LogP contribution is 2.32. The number of rotatable bonds is 3. The fourth-order valence-corrected chi connectivity index (χ4v) is 2.96. The predicted molar refractivity (Wildman–Crippen MR) is 103 cm³/mol. The molecular formula is C22H16N2O2. The summed E-state index contributed by atoms with van der Waals surface area (Å²) in [5.74, 6) is -0.339. The smallest absolute Gasteiger partial charge is 0.266 e. The van der Waals surface area contributed by atoms with E-state index in [1.807, 2.05) is 78.9 Å². The first-order valence-electron chi connectivity index (χ1n) is 8.31. The van der Waals surface area contributed by atoms with E-state index in [9.17, 15) is 9.59 Å². The van der Waals surface area contributed by atoms with Crippen molar-refractivity contribution in [3.8, 4) is 0 Å². The number of anilines is 2. The van der Waals surface area contributed by atoms with Gasteiger partial charge in [-0.3, -0.25) is 9.69 Å². The zero-order valence-electron chi connectivity index (χ0n) is 13.9. The number of para-hydroxylation sites is 2. The normalized spacial score (nSPS) is 15.8. The summed E-state index contributed by atoms with van der Waals surface area (Å²) in [6, 6.07) is 27.3. The predicted octanol–water partition coefficient (Wildman–Crippen LogP) is 4.70. The fourth-order valence-electron chi connectivity index (χ4n) is 2.96. The van der Waals surface area contributed by atoms with E-state index in [-0.39, 0.29) is 11.9 Å². The van der Waals surface area contributed by atoms with E-state index < -0.39 is 0 Å². The van der Waals surface area contributed by atoms with Crippen molar-refractivity contribution < 1.29 is 9.59 Å². The molecule has 4 nitrogen and oxygen atoms in total. The zero-order valence-corrected chi connectivity index (χ0v) is 13.9. The molecule has 1 aliphatic rings. The summed E-state index contributed by atoms with van der Waals surface area (Å²) in [4.78, 5) is 28.9. The lowest BCUT2D eigenvalue weighted by Gasteiger charge is -2.17. The summed E-state index contributed by atoms with van der Waals surface area (Å²) >= 11 is 0. The summed E-state index contributed by atoms with van der Waals surface area (Å²) in [5.41, 5.74) is 2.40. The van der Waals surface area contributed by atoms with E-state index in [1.165, 1.54) is 9.80 Å². The molecule has 0 aromatic heterocycles. The van der Waals surface area contributed by atoms with Crippen LogP contribution in [-0.4, -0.2) is 11.9 Å². The van der Waals surface area contributed by atoms with Crippen LogP contribution in [0.25, 0.3) is 6.08 Å². The first-order chi connectivity index (χ1) is 12.8. The average Bonchev–Trinajstić information content (AvgIpc) is 2.94. The zero-order chi connectivity index (χ0) is 17.9. The summed E-state index contributed by atoms with van der Waals surface area (Å²) < 4.78 is 0. The Morgan fingerprint density at radius 2 is 1.04 bits per heavy atom. The quantitative estimate of drug-likeness (QED) is 0.512. The summed E-state index contributed by atoms with van der Waals surface area (Å²) in [6.07, 6.45) is 1.75. The van der Waals surface area contributed by atoms with E-state index in [2.05, 4.69) is 0 Å². The second-order valence-electron chi connectivity index (χ2n) is 5.87. The molecule has 3 aromatic rings. The Balaban J connectivity index is 1.85. The van der Waals surface area contributed by atoms with Crippen LogP contribution in [0.1, 0.15) is 5.56 Å². The molecule has 0 aliphatic carbocycles. The van der Waals surface area contributed by atoms with Gasteiger partial charge in [-0.1, -0.05) is 66.7 Å². The monoisotopic (exact) mass is 340 g/mol. The highest BCUT2D eigenvalue weighted by atomic mass is 16.2. The molecule has 0 N–H and O–H groups in total. The molecule has 0 radical (unpaired) electrons. The van der Waals surface area contributed by atoms with Crippen molar-refractivity contribution in [3.05, 3.63) is 102 Å². The molecule has 1 heterocycles. The third kappa shape index (κ3) is 2.78. The summed E-state index contributed by atoms with van der Waals surface area (Å²) in [5, 5.41) is 0. The molecule has 1 saturated heterocycles. The highest BCUT2D eigenvalue weighted by Gasteiger charge is 2.42. The molecule has 4 heteroatoms. The molecule has 3 amide bonds. The second kappa shape index (κ2) is 6.69.